The number of rotatable bonds is 8. The average Bonchev–Trinajstić information content (AvgIpc) is 2.36. The van der Waals surface area contributed by atoms with E-state index in [9.17, 15) is 8.42 Å². The Morgan fingerprint density at radius 3 is 2.22 bits per heavy atom. The molecule has 6 heteroatoms. The van der Waals surface area contributed by atoms with Crippen LogP contribution in [0.5, 0.6) is 5.75 Å². The summed E-state index contributed by atoms with van der Waals surface area (Å²) in [5.74, 6) is 0.630. The van der Waals surface area contributed by atoms with Crippen LogP contribution in [0.3, 0.4) is 0 Å². The Morgan fingerprint density at radius 2 is 1.67 bits per heavy atom. The zero-order chi connectivity index (χ0) is 13.4. The van der Waals surface area contributed by atoms with E-state index in [2.05, 4.69) is 0 Å². The summed E-state index contributed by atoms with van der Waals surface area (Å²) in [4.78, 5) is 0.113. The first-order valence-corrected chi connectivity index (χ1v) is 7.21. The second kappa shape index (κ2) is 7.35. The first kappa shape index (κ1) is 14.9. The van der Waals surface area contributed by atoms with Gasteiger partial charge in [0.15, 0.2) is 0 Å². The van der Waals surface area contributed by atoms with Gasteiger partial charge in [0.05, 0.1) is 24.7 Å². The van der Waals surface area contributed by atoms with Gasteiger partial charge < -0.3 is 9.47 Å². The molecule has 0 aliphatic rings. The van der Waals surface area contributed by atoms with Gasteiger partial charge in [0.25, 0.3) is 10.1 Å². The van der Waals surface area contributed by atoms with Crippen LogP contribution < -0.4 is 4.74 Å². The second-order valence-electron chi connectivity index (χ2n) is 3.38. The highest BCUT2D eigenvalue weighted by atomic mass is 32.2. The molecule has 0 N–H and O–H groups in total. The van der Waals surface area contributed by atoms with Gasteiger partial charge in [0.2, 0.25) is 0 Å². The molecule has 0 heterocycles. The van der Waals surface area contributed by atoms with Crippen LogP contribution in [0.1, 0.15) is 13.8 Å². The highest BCUT2D eigenvalue weighted by molar-refractivity contribution is 7.86. The molecule has 0 fully saturated rings. The summed E-state index contributed by atoms with van der Waals surface area (Å²) >= 11 is 0. The molecule has 5 nitrogen and oxygen atoms in total. The highest BCUT2D eigenvalue weighted by Gasteiger charge is 2.14. The van der Waals surface area contributed by atoms with Crippen LogP contribution in [0.2, 0.25) is 0 Å². The van der Waals surface area contributed by atoms with E-state index in [0.717, 1.165) is 0 Å². The van der Waals surface area contributed by atoms with Crippen LogP contribution in [0, 0.1) is 0 Å². The molecule has 0 saturated heterocycles. The lowest BCUT2D eigenvalue weighted by Gasteiger charge is -2.07. The van der Waals surface area contributed by atoms with E-state index in [4.69, 9.17) is 13.7 Å². The molecule has 0 aromatic heterocycles. The summed E-state index contributed by atoms with van der Waals surface area (Å²) in [6.45, 7) is 5.04. The van der Waals surface area contributed by atoms with Gasteiger partial charge in [-0.15, -0.1) is 0 Å². The van der Waals surface area contributed by atoms with Gasteiger partial charge in [-0.1, -0.05) is 0 Å². The summed E-state index contributed by atoms with van der Waals surface area (Å²) in [5, 5.41) is 0. The summed E-state index contributed by atoms with van der Waals surface area (Å²) in [5.41, 5.74) is 0. The van der Waals surface area contributed by atoms with Crippen molar-refractivity contribution in [2.45, 2.75) is 18.7 Å². The maximum Gasteiger partial charge on any atom is 0.297 e. The molecular weight excluding hydrogens is 256 g/mol. The fraction of sp³-hybridized carbons (Fsp3) is 0.500. The Balaban J connectivity index is 2.61. The van der Waals surface area contributed by atoms with Crippen molar-refractivity contribution in [3.05, 3.63) is 24.3 Å². The fourth-order valence-electron chi connectivity index (χ4n) is 1.28. The average molecular weight is 274 g/mol. The smallest absolute Gasteiger partial charge is 0.297 e. The molecule has 0 amide bonds. The standard InChI is InChI=1S/C12H18O5S/c1-3-15-9-10-17-18(13,14)12-7-5-11(6-8-12)16-4-2/h5-8H,3-4,9-10H2,1-2H3. The quantitative estimate of drug-likeness (QED) is 0.534. The molecule has 0 aliphatic carbocycles. The summed E-state index contributed by atoms with van der Waals surface area (Å²) < 4.78 is 38.6. The van der Waals surface area contributed by atoms with Crippen LogP contribution in [-0.2, 0) is 19.0 Å². The van der Waals surface area contributed by atoms with E-state index < -0.39 is 10.1 Å². The van der Waals surface area contributed by atoms with E-state index in [1.807, 2.05) is 13.8 Å². The predicted molar refractivity (Wildman–Crippen MR) is 67.2 cm³/mol. The van der Waals surface area contributed by atoms with Crippen LogP contribution in [-0.4, -0.2) is 34.8 Å². The largest absolute Gasteiger partial charge is 0.494 e. The normalized spacial score (nSPS) is 11.4. The van der Waals surface area contributed by atoms with E-state index in [1.54, 1.807) is 12.1 Å². The van der Waals surface area contributed by atoms with Gasteiger partial charge in [-0.2, -0.15) is 8.42 Å². The monoisotopic (exact) mass is 274 g/mol. The zero-order valence-electron chi connectivity index (χ0n) is 10.6. The van der Waals surface area contributed by atoms with Crippen molar-refractivity contribution < 1.29 is 22.1 Å². The molecular formula is C12H18O5S. The minimum absolute atomic E-state index is 0.0172. The third-order valence-corrected chi connectivity index (χ3v) is 3.42. The first-order chi connectivity index (χ1) is 8.60. The van der Waals surface area contributed by atoms with Gasteiger partial charge in [0, 0.05) is 6.61 Å². The fourth-order valence-corrected chi connectivity index (χ4v) is 2.18. The molecule has 0 unspecified atom stereocenters. The SMILES string of the molecule is CCOCCOS(=O)(=O)c1ccc(OCC)cc1. The Morgan fingerprint density at radius 1 is 1.00 bits per heavy atom. The molecule has 0 bridgehead atoms. The summed E-state index contributed by atoms with van der Waals surface area (Å²) in [7, 11) is -3.71. The summed E-state index contributed by atoms with van der Waals surface area (Å²) in [6, 6.07) is 6.12. The molecule has 18 heavy (non-hydrogen) atoms. The highest BCUT2D eigenvalue weighted by Crippen LogP contribution is 2.17. The van der Waals surface area contributed by atoms with E-state index in [0.29, 0.717) is 19.0 Å². The van der Waals surface area contributed by atoms with E-state index in [1.165, 1.54) is 12.1 Å². The first-order valence-electron chi connectivity index (χ1n) is 5.80. The minimum atomic E-state index is -3.71. The molecule has 0 aliphatic heterocycles. The second-order valence-corrected chi connectivity index (χ2v) is 4.99. The van der Waals surface area contributed by atoms with Gasteiger partial charge in [-0.05, 0) is 38.1 Å². The summed E-state index contributed by atoms with van der Waals surface area (Å²) in [6.07, 6.45) is 0. The molecule has 1 aromatic carbocycles. The van der Waals surface area contributed by atoms with Crippen molar-refractivity contribution in [2.24, 2.45) is 0 Å². The van der Waals surface area contributed by atoms with Crippen LogP contribution in [0.25, 0.3) is 0 Å². The third-order valence-electron chi connectivity index (χ3n) is 2.09. The van der Waals surface area contributed by atoms with Gasteiger partial charge in [-0.25, -0.2) is 0 Å². The van der Waals surface area contributed by atoms with Crippen molar-refractivity contribution in [3.8, 4) is 5.75 Å². The number of ether oxygens (including phenoxy) is 2. The van der Waals surface area contributed by atoms with Gasteiger partial charge in [-0.3, -0.25) is 4.18 Å². The lowest BCUT2D eigenvalue weighted by atomic mass is 10.3. The third kappa shape index (κ3) is 4.64. The number of hydrogen-bond donors (Lipinski definition) is 0. The van der Waals surface area contributed by atoms with Gasteiger partial charge >= 0.3 is 0 Å². The number of hydrogen-bond acceptors (Lipinski definition) is 5. The lowest BCUT2D eigenvalue weighted by molar-refractivity contribution is 0.112. The maximum absolute atomic E-state index is 11.7. The molecule has 102 valence electrons. The van der Waals surface area contributed by atoms with Crippen molar-refractivity contribution >= 4 is 10.1 Å². The van der Waals surface area contributed by atoms with Crippen molar-refractivity contribution in [3.63, 3.8) is 0 Å². The molecule has 0 radical (unpaired) electrons. The number of benzene rings is 1. The van der Waals surface area contributed by atoms with Crippen LogP contribution in [0.4, 0.5) is 0 Å². The molecule has 0 spiro atoms. The lowest BCUT2D eigenvalue weighted by Crippen LogP contribution is -2.11. The molecule has 0 atom stereocenters. The van der Waals surface area contributed by atoms with Crippen molar-refractivity contribution in [1.29, 1.82) is 0 Å². The van der Waals surface area contributed by atoms with E-state index >= 15 is 0 Å². The molecule has 1 aromatic rings. The maximum atomic E-state index is 11.7. The van der Waals surface area contributed by atoms with Crippen molar-refractivity contribution in [2.75, 3.05) is 26.4 Å². The van der Waals surface area contributed by atoms with Crippen molar-refractivity contribution in [1.82, 2.24) is 0 Å². The molecule has 1 rings (SSSR count). The minimum Gasteiger partial charge on any atom is -0.494 e. The predicted octanol–water partition coefficient (Wildman–Crippen LogP) is 1.83. The topological polar surface area (TPSA) is 61.8 Å². The van der Waals surface area contributed by atoms with Gasteiger partial charge in [0.1, 0.15) is 5.75 Å². The Bertz CT molecular complexity index is 438. The Hall–Kier alpha value is -1.11. The van der Waals surface area contributed by atoms with E-state index in [-0.39, 0.29) is 18.1 Å². The Kier molecular flexibility index (Phi) is 6.11. The van der Waals surface area contributed by atoms with Crippen LogP contribution >= 0.6 is 0 Å². The zero-order valence-corrected chi connectivity index (χ0v) is 11.4. The molecule has 0 saturated carbocycles. The van der Waals surface area contributed by atoms with Crippen LogP contribution in [0.15, 0.2) is 29.2 Å². The Labute approximate surface area is 108 Å².